The van der Waals surface area contributed by atoms with Crippen molar-refractivity contribution in [3.8, 4) is 17.3 Å². The average molecular weight is 349 g/mol. The van der Waals surface area contributed by atoms with Crippen LogP contribution in [0.1, 0.15) is 39.8 Å². The van der Waals surface area contributed by atoms with E-state index in [2.05, 4.69) is 21.1 Å². The van der Waals surface area contributed by atoms with E-state index in [0.29, 0.717) is 10.6 Å². The number of fused-ring (bicyclic) bond motifs is 1. The van der Waals surface area contributed by atoms with E-state index in [1.54, 1.807) is 18.6 Å². The fourth-order valence-electron chi connectivity index (χ4n) is 3.08. The SMILES string of the molecule is N#CC(C(=O)c1cnn2c1CCCC2)c1nc(-c2ccncc2)cs1. The normalized spacial score (nSPS) is 14.5. The van der Waals surface area contributed by atoms with Gasteiger partial charge in [-0.3, -0.25) is 14.5 Å². The van der Waals surface area contributed by atoms with E-state index < -0.39 is 5.92 Å². The lowest BCUT2D eigenvalue weighted by Crippen LogP contribution is -2.17. The zero-order valence-electron chi connectivity index (χ0n) is 13.4. The highest BCUT2D eigenvalue weighted by molar-refractivity contribution is 7.10. The van der Waals surface area contributed by atoms with Crippen molar-refractivity contribution >= 4 is 17.1 Å². The van der Waals surface area contributed by atoms with E-state index in [-0.39, 0.29) is 5.78 Å². The Balaban J connectivity index is 1.65. The number of thiazole rings is 1. The number of Topliss-reactive ketones (excluding diaryl/α,β-unsaturated/α-hetero) is 1. The van der Waals surface area contributed by atoms with Crippen molar-refractivity contribution in [2.75, 3.05) is 0 Å². The molecule has 1 atom stereocenters. The maximum absolute atomic E-state index is 12.9. The molecule has 4 rings (SSSR count). The number of pyridine rings is 1. The number of ketones is 1. The van der Waals surface area contributed by atoms with Crippen molar-refractivity contribution in [3.63, 3.8) is 0 Å². The summed E-state index contributed by atoms with van der Waals surface area (Å²) >= 11 is 1.34. The molecule has 1 aliphatic rings. The number of carbonyl (C=O) groups is 1. The Hall–Kier alpha value is -2.85. The molecule has 0 aromatic carbocycles. The summed E-state index contributed by atoms with van der Waals surface area (Å²) in [4.78, 5) is 21.4. The van der Waals surface area contributed by atoms with Gasteiger partial charge in [-0.1, -0.05) is 0 Å². The van der Waals surface area contributed by atoms with Crippen LogP contribution in [0.15, 0.2) is 36.1 Å². The smallest absolute Gasteiger partial charge is 0.190 e. The summed E-state index contributed by atoms with van der Waals surface area (Å²) in [6.07, 6.45) is 7.95. The van der Waals surface area contributed by atoms with Crippen LogP contribution in [0.3, 0.4) is 0 Å². The summed E-state index contributed by atoms with van der Waals surface area (Å²) in [5.41, 5.74) is 3.19. The van der Waals surface area contributed by atoms with E-state index in [1.165, 1.54) is 11.3 Å². The van der Waals surface area contributed by atoms with Gasteiger partial charge >= 0.3 is 0 Å². The standard InChI is InChI=1S/C18H15N5OS/c19-9-13(17(24)14-10-21-23-8-2-1-3-16(14)23)18-22-15(11-25-18)12-4-6-20-7-5-12/h4-7,10-11,13H,1-3,8H2. The Labute approximate surface area is 148 Å². The van der Waals surface area contributed by atoms with Gasteiger partial charge in [0.25, 0.3) is 0 Å². The average Bonchev–Trinajstić information content (AvgIpc) is 3.30. The Morgan fingerprint density at radius 3 is 2.96 bits per heavy atom. The molecule has 0 bridgehead atoms. The number of hydrogen-bond donors (Lipinski definition) is 0. The van der Waals surface area contributed by atoms with Crippen molar-refractivity contribution in [1.29, 1.82) is 5.26 Å². The molecular weight excluding hydrogens is 334 g/mol. The molecule has 0 N–H and O–H groups in total. The first kappa shape index (κ1) is 15.7. The number of nitriles is 1. The van der Waals surface area contributed by atoms with E-state index in [4.69, 9.17) is 0 Å². The van der Waals surface area contributed by atoms with Crippen LogP contribution in [0, 0.1) is 11.3 Å². The second-order valence-electron chi connectivity index (χ2n) is 5.92. The Bertz CT molecular complexity index is 954. The van der Waals surface area contributed by atoms with Crippen molar-refractivity contribution in [3.05, 3.63) is 52.4 Å². The lowest BCUT2D eigenvalue weighted by atomic mass is 9.97. The highest BCUT2D eigenvalue weighted by atomic mass is 32.1. The third-order valence-electron chi connectivity index (χ3n) is 4.38. The number of aromatic nitrogens is 4. The first-order chi connectivity index (χ1) is 12.3. The number of nitrogens with zero attached hydrogens (tertiary/aromatic N) is 5. The fourth-order valence-corrected chi connectivity index (χ4v) is 3.95. The minimum Gasteiger partial charge on any atom is -0.292 e. The van der Waals surface area contributed by atoms with Gasteiger partial charge in [-0.2, -0.15) is 10.4 Å². The molecule has 4 heterocycles. The molecule has 7 heteroatoms. The molecule has 124 valence electrons. The van der Waals surface area contributed by atoms with Crippen LogP contribution in [0.2, 0.25) is 0 Å². The maximum atomic E-state index is 12.9. The van der Waals surface area contributed by atoms with E-state index in [0.717, 1.165) is 42.8 Å². The summed E-state index contributed by atoms with van der Waals surface area (Å²) < 4.78 is 1.88. The van der Waals surface area contributed by atoms with Crippen LogP contribution in [0.4, 0.5) is 0 Å². The number of carbonyl (C=O) groups excluding carboxylic acids is 1. The summed E-state index contributed by atoms with van der Waals surface area (Å²) in [7, 11) is 0. The molecule has 0 saturated heterocycles. The van der Waals surface area contributed by atoms with Gasteiger partial charge in [-0.15, -0.1) is 11.3 Å². The van der Waals surface area contributed by atoms with Crippen LogP contribution in [-0.4, -0.2) is 25.5 Å². The predicted octanol–water partition coefficient (Wildman–Crippen LogP) is 3.23. The molecule has 0 amide bonds. The minimum atomic E-state index is -0.892. The molecule has 1 aliphatic heterocycles. The van der Waals surface area contributed by atoms with Gasteiger partial charge < -0.3 is 0 Å². The first-order valence-corrected chi connectivity index (χ1v) is 9.00. The van der Waals surface area contributed by atoms with Gasteiger partial charge in [0.05, 0.1) is 23.5 Å². The summed E-state index contributed by atoms with van der Waals surface area (Å²) in [5, 5.41) is 16.3. The third kappa shape index (κ3) is 2.85. The third-order valence-corrected chi connectivity index (χ3v) is 5.29. The lowest BCUT2D eigenvalue weighted by Gasteiger charge is -2.14. The van der Waals surface area contributed by atoms with Gasteiger partial charge in [0.1, 0.15) is 5.01 Å². The minimum absolute atomic E-state index is 0.207. The molecule has 0 saturated carbocycles. The topological polar surface area (TPSA) is 84.5 Å². The number of hydrogen-bond acceptors (Lipinski definition) is 6. The molecule has 3 aromatic rings. The van der Waals surface area contributed by atoms with Crippen LogP contribution >= 0.6 is 11.3 Å². The van der Waals surface area contributed by atoms with Gasteiger partial charge in [-0.25, -0.2) is 4.98 Å². The highest BCUT2D eigenvalue weighted by Gasteiger charge is 2.29. The lowest BCUT2D eigenvalue weighted by molar-refractivity contribution is 0.0977. The van der Waals surface area contributed by atoms with Crippen molar-refractivity contribution < 1.29 is 4.79 Å². The quantitative estimate of drug-likeness (QED) is 0.675. The van der Waals surface area contributed by atoms with Gasteiger partial charge in [0.15, 0.2) is 11.7 Å². The molecular formula is C18H15N5OS. The van der Waals surface area contributed by atoms with Crippen molar-refractivity contribution in [1.82, 2.24) is 19.7 Å². The van der Waals surface area contributed by atoms with Crippen LogP contribution in [0.5, 0.6) is 0 Å². The highest BCUT2D eigenvalue weighted by Crippen LogP contribution is 2.30. The largest absolute Gasteiger partial charge is 0.292 e. The van der Waals surface area contributed by atoms with Crippen molar-refractivity contribution in [2.24, 2.45) is 0 Å². The Kier molecular flexibility index (Phi) is 4.12. The predicted molar refractivity (Wildman–Crippen MR) is 93.2 cm³/mol. The van der Waals surface area contributed by atoms with E-state index in [9.17, 15) is 10.1 Å². The van der Waals surface area contributed by atoms with Crippen LogP contribution < -0.4 is 0 Å². The molecule has 25 heavy (non-hydrogen) atoms. The second-order valence-corrected chi connectivity index (χ2v) is 6.81. The van der Waals surface area contributed by atoms with E-state index >= 15 is 0 Å². The zero-order chi connectivity index (χ0) is 17.2. The van der Waals surface area contributed by atoms with Crippen molar-refractivity contribution in [2.45, 2.75) is 31.7 Å². The number of aryl methyl sites for hydroxylation is 1. The molecule has 0 radical (unpaired) electrons. The zero-order valence-corrected chi connectivity index (χ0v) is 14.2. The van der Waals surface area contributed by atoms with Crippen LogP contribution in [0.25, 0.3) is 11.3 Å². The van der Waals surface area contributed by atoms with Gasteiger partial charge in [0, 0.05) is 35.6 Å². The molecule has 3 aromatic heterocycles. The molecule has 1 unspecified atom stereocenters. The second kappa shape index (κ2) is 6.57. The van der Waals surface area contributed by atoms with Gasteiger partial charge in [0.2, 0.25) is 0 Å². The Morgan fingerprint density at radius 2 is 2.16 bits per heavy atom. The fraction of sp³-hybridized carbons (Fsp3) is 0.278. The Morgan fingerprint density at radius 1 is 1.32 bits per heavy atom. The number of rotatable bonds is 4. The maximum Gasteiger partial charge on any atom is 0.190 e. The molecule has 6 nitrogen and oxygen atoms in total. The monoisotopic (exact) mass is 349 g/mol. The molecule has 0 fully saturated rings. The first-order valence-electron chi connectivity index (χ1n) is 8.12. The summed E-state index contributed by atoms with van der Waals surface area (Å²) in [6.45, 7) is 0.837. The molecule has 0 spiro atoms. The van der Waals surface area contributed by atoms with Crippen LogP contribution in [-0.2, 0) is 13.0 Å². The van der Waals surface area contributed by atoms with Gasteiger partial charge in [-0.05, 0) is 31.4 Å². The molecule has 0 aliphatic carbocycles. The summed E-state index contributed by atoms with van der Waals surface area (Å²) in [5.74, 6) is -1.10. The summed E-state index contributed by atoms with van der Waals surface area (Å²) in [6, 6.07) is 5.84. The van der Waals surface area contributed by atoms with E-state index in [1.807, 2.05) is 22.2 Å².